The minimum atomic E-state index is -0.320. The molecule has 0 aromatic rings. The number of thiocarbonyl (C=S) groups is 1. The molecule has 0 aromatic heterocycles. The highest BCUT2D eigenvalue weighted by molar-refractivity contribution is 7.99. The molecule has 0 spiro atoms. The third-order valence-corrected chi connectivity index (χ3v) is 3.29. The van der Waals surface area contributed by atoms with Gasteiger partial charge in [0.1, 0.15) is 0 Å². The van der Waals surface area contributed by atoms with Crippen molar-refractivity contribution in [1.29, 1.82) is 0 Å². The van der Waals surface area contributed by atoms with E-state index in [1.165, 1.54) is 0 Å². The van der Waals surface area contributed by atoms with Crippen molar-refractivity contribution in [2.24, 2.45) is 11.7 Å². The molecule has 0 saturated carbocycles. The summed E-state index contributed by atoms with van der Waals surface area (Å²) in [5, 5.41) is 3.26. The molecular formula is C9H18N2OS2. The number of rotatable bonds is 6. The molecule has 5 heteroatoms. The minimum absolute atomic E-state index is 0.0547. The van der Waals surface area contributed by atoms with Gasteiger partial charge in [-0.1, -0.05) is 26.1 Å². The van der Waals surface area contributed by atoms with Gasteiger partial charge in [-0.2, -0.15) is 11.8 Å². The van der Waals surface area contributed by atoms with Gasteiger partial charge >= 0.3 is 0 Å². The summed E-state index contributed by atoms with van der Waals surface area (Å²) in [6, 6.07) is 0. The maximum Gasteiger partial charge on any atom is 0.229 e. The van der Waals surface area contributed by atoms with Crippen LogP contribution in [0, 0.1) is 5.92 Å². The molecule has 3 nitrogen and oxygen atoms in total. The van der Waals surface area contributed by atoms with E-state index in [0.717, 1.165) is 0 Å². The number of hydrogen-bond acceptors (Lipinski definition) is 3. The second-order valence-corrected chi connectivity index (χ2v) is 4.90. The first kappa shape index (κ1) is 13.7. The van der Waals surface area contributed by atoms with Crippen molar-refractivity contribution >= 4 is 34.9 Å². The molecule has 0 bridgehead atoms. The molecule has 0 aliphatic rings. The molecule has 2 atom stereocenters. The Morgan fingerprint density at radius 2 is 2.21 bits per heavy atom. The van der Waals surface area contributed by atoms with Gasteiger partial charge in [0.2, 0.25) is 5.91 Å². The van der Waals surface area contributed by atoms with Crippen LogP contribution in [0.3, 0.4) is 0 Å². The van der Waals surface area contributed by atoms with Crippen molar-refractivity contribution in [2.45, 2.75) is 25.5 Å². The maximum atomic E-state index is 11.5. The second kappa shape index (κ2) is 7.06. The van der Waals surface area contributed by atoms with E-state index in [1.807, 2.05) is 13.2 Å². The third kappa shape index (κ3) is 4.81. The Balaban J connectivity index is 3.99. The molecule has 0 radical (unpaired) electrons. The van der Waals surface area contributed by atoms with Crippen molar-refractivity contribution in [1.82, 2.24) is 5.32 Å². The summed E-state index contributed by atoms with van der Waals surface area (Å²) >= 11 is 6.53. The van der Waals surface area contributed by atoms with Crippen molar-refractivity contribution in [3.63, 3.8) is 0 Å². The molecule has 0 saturated heterocycles. The summed E-state index contributed by atoms with van der Waals surface area (Å²) in [5.41, 5.74) is 5.45. The zero-order chi connectivity index (χ0) is 11.1. The quantitative estimate of drug-likeness (QED) is 0.677. The van der Waals surface area contributed by atoms with E-state index in [9.17, 15) is 4.79 Å². The third-order valence-electron chi connectivity index (χ3n) is 2.03. The first-order valence-electron chi connectivity index (χ1n) is 4.62. The number of amides is 1. The molecule has 0 aromatic carbocycles. The van der Waals surface area contributed by atoms with Crippen LogP contribution < -0.4 is 11.1 Å². The Morgan fingerprint density at radius 1 is 1.64 bits per heavy atom. The first-order chi connectivity index (χ1) is 6.52. The van der Waals surface area contributed by atoms with Crippen LogP contribution in [-0.4, -0.2) is 28.9 Å². The standard InChI is InChI=1S/C9H18N2OS2/c1-4-7(8(10)13)9(12)11-5-6(2)14-3/h6-7H,4-5H2,1-3H3,(H2,10,13)(H,11,12). The van der Waals surface area contributed by atoms with Gasteiger partial charge in [-0.3, -0.25) is 4.79 Å². The van der Waals surface area contributed by atoms with Crippen LogP contribution in [0.2, 0.25) is 0 Å². The van der Waals surface area contributed by atoms with E-state index in [2.05, 4.69) is 12.2 Å². The molecule has 14 heavy (non-hydrogen) atoms. The number of carbonyl (C=O) groups is 1. The maximum absolute atomic E-state index is 11.5. The topological polar surface area (TPSA) is 55.1 Å². The highest BCUT2D eigenvalue weighted by Crippen LogP contribution is 2.05. The van der Waals surface area contributed by atoms with Crippen LogP contribution in [0.25, 0.3) is 0 Å². The average molecular weight is 234 g/mol. The summed E-state index contributed by atoms with van der Waals surface area (Å²) in [5.74, 6) is -0.375. The molecule has 0 aliphatic heterocycles. The minimum Gasteiger partial charge on any atom is -0.393 e. The van der Waals surface area contributed by atoms with Crippen molar-refractivity contribution in [3.05, 3.63) is 0 Å². The summed E-state index contributed by atoms with van der Waals surface area (Å²) in [6.07, 6.45) is 2.68. The number of nitrogens with two attached hydrogens (primary N) is 1. The molecule has 2 unspecified atom stereocenters. The summed E-state index contributed by atoms with van der Waals surface area (Å²) in [7, 11) is 0. The Labute approximate surface area is 95.2 Å². The monoisotopic (exact) mass is 234 g/mol. The van der Waals surface area contributed by atoms with Gasteiger partial charge in [0.05, 0.1) is 10.9 Å². The number of nitrogens with one attached hydrogen (secondary N) is 1. The predicted octanol–water partition coefficient (Wildman–Crippen LogP) is 1.17. The Bertz CT molecular complexity index is 209. The van der Waals surface area contributed by atoms with E-state index < -0.39 is 0 Å². The lowest BCUT2D eigenvalue weighted by Gasteiger charge is -2.15. The van der Waals surface area contributed by atoms with Crippen molar-refractivity contribution in [2.75, 3.05) is 12.8 Å². The van der Waals surface area contributed by atoms with Gasteiger partial charge < -0.3 is 11.1 Å². The highest BCUT2D eigenvalue weighted by Gasteiger charge is 2.18. The molecule has 1 amide bonds. The zero-order valence-electron chi connectivity index (χ0n) is 8.87. The normalized spacial score (nSPS) is 14.5. The van der Waals surface area contributed by atoms with Crippen LogP contribution >= 0.6 is 24.0 Å². The molecule has 0 aliphatic carbocycles. The molecular weight excluding hydrogens is 216 g/mol. The zero-order valence-corrected chi connectivity index (χ0v) is 10.5. The molecule has 3 N–H and O–H groups in total. The molecule has 0 fully saturated rings. The molecule has 0 heterocycles. The van der Waals surface area contributed by atoms with E-state index in [-0.39, 0.29) is 16.8 Å². The largest absolute Gasteiger partial charge is 0.393 e. The second-order valence-electron chi connectivity index (χ2n) is 3.15. The summed E-state index contributed by atoms with van der Waals surface area (Å²) < 4.78 is 0. The van der Waals surface area contributed by atoms with Gasteiger partial charge in [0, 0.05) is 11.8 Å². The fraction of sp³-hybridized carbons (Fsp3) is 0.778. The van der Waals surface area contributed by atoms with Gasteiger partial charge in [-0.25, -0.2) is 0 Å². The molecule has 0 rings (SSSR count). The SMILES string of the molecule is CCC(C(=O)NCC(C)SC)C(N)=S. The lowest BCUT2D eigenvalue weighted by molar-refractivity contribution is -0.123. The summed E-state index contributed by atoms with van der Waals surface area (Å²) in [6.45, 7) is 4.63. The van der Waals surface area contributed by atoms with Crippen LogP contribution in [0.4, 0.5) is 0 Å². The first-order valence-corrected chi connectivity index (χ1v) is 6.32. The summed E-state index contributed by atoms with van der Waals surface area (Å²) in [4.78, 5) is 11.8. The van der Waals surface area contributed by atoms with Crippen LogP contribution in [0.1, 0.15) is 20.3 Å². The Hall–Kier alpha value is -0.290. The van der Waals surface area contributed by atoms with E-state index in [1.54, 1.807) is 11.8 Å². The average Bonchev–Trinajstić information content (AvgIpc) is 2.14. The van der Waals surface area contributed by atoms with Crippen LogP contribution in [-0.2, 0) is 4.79 Å². The smallest absolute Gasteiger partial charge is 0.229 e. The van der Waals surface area contributed by atoms with Crippen LogP contribution in [0.5, 0.6) is 0 Å². The number of carbonyl (C=O) groups excluding carboxylic acids is 1. The fourth-order valence-electron chi connectivity index (χ4n) is 0.967. The van der Waals surface area contributed by atoms with E-state index >= 15 is 0 Å². The van der Waals surface area contributed by atoms with Gasteiger partial charge in [-0.15, -0.1) is 0 Å². The highest BCUT2D eigenvalue weighted by atomic mass is 32.2. The Morgan fingerprint density at radius 3 is 2.57 bits per heavy atom. The van der Waals surface area contributed by atoms with Crippen LogP contribution in [0.15, 0.2) is 0 Å². The number of thioether (sulfide) groups is 1. The van der Waals surface area contributed by atoms with E-state index in [4.69, 9.17) is 18.0 Å². The van der Waals surface area contributed by atoms with Crippen molar-refractivity contribution < 1.29 is 4.79 Å². The van der Waals surface area contributed by atoms with Crippen molar-refractivity contribution in [3.8, 4) is 0 Å². The van der Waals surface area contributed by atoms with Gasteiger partial charge in [0.25, 0.3) is 0 Å². The van der Waals surface area contributed by atoms with E-state index in [0.29, 0.717) is 18.2 Å². The predicted molar refractivity (Wildman–Crippen MR) is 66.6 cm³/mol. The fourth-order valence-corrected chi connectivity index (χ4v) is 1.49. The lowest BCUT2D eigenvalue weighted by Crippen LogP contribution is -2.39. The molecule has 82 valence electrons. The Kier molecular flexibility index (Phi) is 6.92. The lowest BCUT2D eigenvalue weighted by atomic mass is 10.1. The van der Waals surface area contributed by atoms with Gasteiger partial charge in [0.15, 0.2) is 0 Å². The van der Waals surface area contributed by atoms with Gasteiger partial charge in [-0.05, 0) is 12.7 Å². The number of hydrogen-bond donors (Lipinski definition) is 2.